The zero-order valence-electron chi connectivity index (χ0n) is 14.7. The van der Waals surface area contributed by atoms with Crippen LogP contribution in [0.25, 0.3) is 0 Å². The van der Waals surface area contributed by atoms with Crippen molar-refractivity contribution in [2.75, 3.05) is 12.4 Å². The number of carboxylic acid groups (broad SMARTS) is 1. The molecule has 0 fully saturated rings. The van der Waals surface area contributed by atoms with Crippen LogP contribution in [0.5, 0.6) is 5.75 Å². The molecule has 2 heterocycles. The topological polar surface area (TPSA) is 111 Å². The average molecular weight is 369 g/mol. The van der Waals surface area contributed by atoms with Gasteiger partial charge in [-0.3, -0.25) is 14.2 Å². The predicted octanol–water partition coefficient (Wildman–Crippen LogP) is 1.86. The van der Waals surface area contributed by atoms with Gasteiger partial charge in [-0.15, -0.1) is 0 Å². The smallest absolute Gasteiger partial charge is 0.356 e. The fraction of sp³-hybridized carbons (Fsp3) is 0.222. The van der Waals surface area contributed by atoms with Gasteiger partial charge in [0.1, 0.15) is 5.75 Å². The summed E-state index contributed by atoms with van der Waals surface area (Å²) in [6.07, 6.45) is 5.02. The number of benzene rings is 1. The van der Waals surface area contributed by atoms with Gasteiger partial charge in [0.2, 0.25) is 5.91 Å². The van der Waals surface area contributed by atoms with Gasteiger partial charge in [-0.05, 0) is 23.8 Å². The molecule has 1 amide bonds. The van der Waals surface area contributed by atoms with Crippen LogP contribution in [0.2, 0.25) is 0 Å². The standard InChI is InChI=1S/C18H19N5O4/c1-27-15-4-2-3-13(9-15)11-23-12-14(10-19-23)20-17(24)6-8-22-7-5-16(21-22)18(25)26/h2-5,7,9-10,12H,6,8,11H2,1H3,(H,20,24)(H,25,26). The van der Waals surface area contributed by atoms with Gasteiger partial charge in [-0.1, -0.05) is 12.1 Å². The van der Waals surface area contributed by atoms with Crippen molar-refractivity contribution >= 4 is 17.6 Å². The van der Waals surface area contributed by atoms with E-state index in [0.717, 1.165) is 11.3 Å². The van der Waals surface area contributed by atoms with Crippen LogP contribution < -0.4 is 10.1 Å². The number of nitrogens with zero attached hydrogens (tertiary/aromatic N) is 4. The molecule has 0 saturated heterocycles. The van der Waals surface area contributed by atoms with Gasteiger partial charge in [-0.25, -0.2) is 4.79 Å². The molecule has 0 unspecified atom stereocenters. The molecule has 2 N–H and O–H groups in total. The summed E-state index contributed by atoms with van der Waals surface area (Å²) in [7, 11) is 1.62. The zero-order valence-corrected chi connectivity index (χ0v) is 14.7. The molecule has 1 aromatic carbocycles. The van der Waals surface area contributed by atoms with Crippen LogP contribution >= 0.6 is 0 Å². The van der Waals surface area contributed by atoms with Crippen LogP contribution in [0.1, 0.15) is 22.5 Å². The van der Waals surface area contributed by atoms with E-state index in [1.54, 1.807) is 24.2 Å². The summed E-state index contributed by atoms with van der Waals surface area (Å²) in [6, 6.07) is 9.07. The summed E-state index contributed by atoms with van der Waals surface area (Å²) in [4.78, 5) is 22.8. The van der Waals surface area contributed by atoms with Gasteiger partial charge in [0.15, 0.2) is 5.69 Å². The van der Waals surface area contributed by atoms with Crippen molar-refractivity contribution in [2.45, 2.75) is 19.5 Å². The number of anilines is 1. The van der Waals surface area contributed by atoms with Gasteiger partial charge in [0.25, 0.3) is 0 Å². The number of ether oxygens (including phenoxy) is 1. The van der Waals surface area contributed by atoms with E-state index in [0.29, 0.717) is 12.2 Å². The van der Waals surface area contributed by atoms with Gasteiger partial charge in [0.05, 0.1) is 25.5 Å². The molecule has 0 aliphatic carbocycles. The number of amides is 1. The number of aromatic carboxylic acids is 1. The maximum Gasteiger partial charge on any atom is 0.356 e. The molecule has 9 heteroatoms. The summed E-state index contributed by atoms with van der Waals surface area (Å²) in [5.41, 5.74) is 1.58. The van der Waals surface area contributed by atoms with E-state index in [-0.39, 0.29) is 24.6 Å². The normalized spacial score (nSPS) is 10.6. The Morgan fingerprint density at radius 2 is 2.11 bits per heavy atom. The molecule has 0 aliphatic rings. The van der Waals surface area contributed by atoms with Crippen LogP contribution in [0.15, 0.2) is 48.9 Å². The van der Waals surface area contributed by atoms with Crippen molar-refractivity contribution in [3.63, 3.8) is 0 Å². The van der Waals surface area contributed by atoms with Gasteiger partial charge in [0, 0.05) is 25.4 Å². The first kappa shape index (κ1) is 18.2. The number of carbonyl (C=O) groups excluding carboxylic acids is 1. The monoisotopic (exact) mass is 369 g/mol. The minimum absolute atomic E-state index is 0.0470. The first-order chi connectivity index (χ1) is 13.0. The Kier molecular flexibility index (Phi) is 5.50. The molecule has 0 saturated carbocycles. The van der Waals surface area contributed by atoms with E-state index in [1.165, 1.54) is 16.9 Å². The van der Waals surface area contributed by atoms with E-state index < -0.39 is 5.97 Å². The van der Waals surface area contributed by atoms with Crippen molar-refractivity contribution in [1.29, 1.82) is 0 Å². The average Bonchev–Trinajstić information content (AvgIpc) is 3.30. The molecule has 0 spiro atoms. The Hall–Kier alpha value is -3.62. The van der Waals surface area contributed by atoms with Crippen LogP contribution in [-0.4, -0.2) is 43.7 Å². The summed E-state index contributed by atoms with van der Waals surface area (Å²) < 4.78 is 8.35. The maximum atomic E-state index is 12.1. The highest BCUT2D eigenvalue weighted by atomic mass is 16.5. The number of aromatic nitrogens is 4. The molecule has 3 aromatic rings. The van der Waals surface area contributed by atoms with Crippen molar-refractivity contribution in [2.24, 2.45) is 0 Å². The lowest BCUT2D eigenvalue weighted by Crippen LogP contribution is -2.14. The fourth-order valence-corrected chi connectivity index (χ4v) is 2.51. The van der Waals surface area contributed by atoms with E-state index in [1.807, 2.05) is 24.3 Å². The number of methoxy groups -OCH3 is 1. The lowest BCUT2D eigenvalue weighted by molar-refractivity contribution is -0.116. The highest BCUT2D eigenvalue weighted by Gasteiger charge is 2.09. The summed E-state index contributed by atoms with van der Waals surface area (Å²) in [6.45, 7) is 0.843. The van der Waals surface area contributed by atoms with Crippen LogP contribution in [-0.2, 0) is 17.9 Å². The van der Waals surface area contributed by atoms with Gasteiger partial charge in [-0.2, -0.15) is 10.2 Å². The number of rotatable bonds is 8. The van der Waals surface area contributed by atoms with Crippen LogP contribution in [0, 0.1) is 0 Å². The number of aryl methyl sites for hydroxylation is 1. The number of hydrogen-bond donors (Lipinski definition) is 2. The Balaban J connectivity index is 1.51. The Morgan fingerprint density at radius 3 is 2.85 bits per heavy atom. The number of carbonyl (C=O) groups is 2. The summed E-state index contributed by atoms with van der Waals surface area (Å²) in [5.74, 6) is -0.525. The van der Waals surface area contributed by atoms with Crippen molar-refractivity contribution in [1.82, 2.24) is 19.6 Å². The second-order valence-corrected chi connectivity index (χ2v) is 5.85. The lowest BCUT2D eigenvalue weighted by Gasteiger charge is -2.05. The SMILES string of the molecule is COc1cccc(Cn2cc(NC(=O)CCn3ccc(C(=O)O)n3)cn2)c1. The van der Waals surface area contributed by atoms with Crippen molar-refractivity contribution in [3.8, 4) is 5.75 Å². The van der Waals surface area contributed by atoms with Gasteiger partial charge < -0.3 is 15.2 Å². The first-order valence-electron chi connectivity index (χ1n) is 8.25. The largest absolute Gasteiger partial charge is 0.497 e. The summed E-state index contributed by atoms with van der Waals surface area (Å²) >= 11 is 0. The van der Waals surface area contributed by atoms with Crippen LogP contribution in [0.4, 0.5) is 5.69 Å². The predicted molar refractivity (Wildman–Crippen MR) is 96.8 cm³/mol. The Labute approximate surface area is 155 Å². The highest BCUT2D eigenvalue weighted by molar-refractivity contribution is 5.90. The van der Waals surface area contributed by atoms with E-state index in [9.17, 15) is 9.59 Å². The molecule has 0 atom stereocenters. The lowest BCUT2D eigenvalue weighted by atomic mass is 10.2. The first-order valence-corrected chi connectivity index (χ1v) is 8.25. The molecule has 9 nitrogen and oxygen atoms in total. The Bertz CT molecular complexity index is 947. The molecule has 3 rings (SSSR count). The minimum atomic E-state index is -1.10. The molecular weight excluding hydrogens is 350 g/mol. The number of hydrogen-bond acceptors (Lipinski definition) is 5. The van der Waals surface area contributed by atoms with E-state index >= 15 is 0 Å². The van der Waals surface area contributed by atoms with Crippen LogP contribution in [0.3, 0.4) is 0 Å². The second kappa shape index (κ2) is 8.17. The molecule has 27 heavy (non-hydrogen) atoms. The molecule has 0 aliphatic heterocycles. The maximum absolute atomic E-state index is 12.1. The third kappa shape index (κ3) is 4.94. The molecule has 2 aromatic heterocycles. The molecule has 140 valence electrons. The van der Waals surface area contributed by atoms with Crippen molar-refractivity contribution < 1.29 is 19.4 Å². The van der Waals surface area contributed by atoms with Gasteiger partial charge >= 0.3 is 5.97 Å². The minimum Gasteiger partial charge on any atom is -0.497 e. The Morgan fingerprint density at radius 1 is 1.26 bits per heavy atom. The van der Waals surface area contributed by atoms with Crippen molar-refractivity contribution in [3.05, 3.63) is 60.2 Å². The highest BCUT2D eigenvalue weighted by Crippen LogP contribution is 2.14. The van der Waals surface area contributed by atoms with E-state index in [4.69, 9.17) is 9.84 Å². The molecule has 0 radical (unpaired) electrons. The number of nitrogens with one attached hydrogen (secondary N) is 1. The van der Waals surface area contributed by atoms with E-state index in [2.05, 4.69) is 15.5 Å². The quantitative estimate of drug-likeness (QED) is 0.627. The molecular formula is C18H19N5O4. The fourth-order valence-electron chi connectivity index (χ4n) is 2.51. The third-order valence-electron chi connectivity index (χ3n) is 3.82. The molecule has 0 bridgehead atoms. The second-order valence-electron chi connectivity index (χ2n) is 5.85. The number of carboxylic acids is 1. The third-order valence-corrected chi connectivity index (χ3v) is 3.82. The summed E-state index contributed by atoms with van der Waals surface area (Å²) in [5, 5.41) is 19.7. The zero-order chi connectivity index (χ0) is 19.2.